The topological polar surface area (TPSA) is 84.5 Å². The molecule has 6 nitrogen and oxygen atoms in total. The second-order valence-electron chi connectivity index (χ2n) is 6.66. The summed E-state index contributed by atoms with van der Waals surface area (Å²) in [5.74, 6) is -0.112. The van der Waals surface area contributed by atoms with E-state index < -0.39 is 10.0 Å². The van der Waals surface area contributed by atoms with Gasteiger partial charge in [0.05, 0.1) is 24.2 Å². The number of rotatable bonds is 7. The van der Waals surface area contributed by atoms with Crippen molar-refractivity contribution < 1.29 is 17.9 Å². The number of para-hydroxylation sites is 1. The van der Waals surface area contributed by atoms with E-state index in [0.717, 1.165) is 11.1 Å². The van der Waals surface area contributed by atoms with Gasteiger partial charge in [-0.1, -0.05) is 53.6 Å². The molecule has 0 bridgehead atoms. The Balaban J connectivity index is 1.84. The Morgan fingerprint density at radius 3 is 2.50 bits per heavy atom. The smallest absolute Gasteiger partial charge is 0.265 e. The van der Waals surface area contributed by atoms with Crippen LogP contribution in [0.15, 0.2) is 71.6 Å². The quantitative estimate of drug-likeness (QED) is 0.556. The summed E-state index contributed by atoms with van der Waals surface area (Å²) in [5.41, 5.74) is 2.51. The summed E-state index contributed by atoms with van der Waals surface area (Å²) in [5, 5.41) is 3.00. The molecule has 0 saturated heterocycles. The van der Waals surface area contributed by atoms with Crippen molar-refractivity contribution in [2.24, 2.45) is 0 Å². The number of nitrogens with one attached hydrogen (secondary N) is 2. The Hall–Kier alpha value is -3.03. The minimum atomic E-state index is -4.01. The zero-order valence-electron chi connectivity index (χ0n) is 16.5. The summed E-state index contributed by atoms with van der Waals surface area (Å²) in [7, 11) is -2.64. The van der Waals surface area contributed by atoms with Crippen LogP contribution in [0.2, 0.25) is 5.02 Å². The molecule has 30 heavy (non-hydrogen) atoms. The number of carbonyl (C=O) groups excluding carboxylic acids is 1. The number of ether oxygens (including phenoxy) is 1. The van der Waals surface area contributed by atoms with Crippen LogP contribution in [0, 0.1) is 6.92 Å². The Bertz CT molecular complexity index is 1180. The third-order valence-electron chi connectivity index (χ3n) is 4.30. The zero-order valence-corrected chi connectivity index (χ0v) is 18.0. The van der Waals surface area contributed by atoms with Gasteiger partial charge in [-0.25, -0.2) is 8.42 Å². The number of aryl methyl sites for hydroxylation is 1. The number of methoxy groups -OCH3 is 1. The highest BCUT2D eigenvalue weighted by molar-refractivity contribution is 7.92. The van der Waals surface area contributed by atoms with Crippen LogP contribution in [0.4, 0.5) is 11.4 Å². The van der Waals surface area contributed by atoms with E-state index in [2.05, 4.69) is 10.0 Å². The van der Waals surface area contributed by atoms with E-state index in [9.17, 15) is 13.2 Å². The molecule has 0 fully saturated rings. The van der Waals surface area contributed by atoms with Gasteiger partial charge in [0.2, 0.25) is 5.91 Å². The Labute approximate surface area is 180 Å². The highest BCUT2D eigenvalue weighted by Crippen LogP contribution is 2.30. The van der Waals surface area contributed by atoms with E-state index in [1.807, 2.05) is 31.2 Å². The highest BCUT2D eigenvalue weighted by Gasteiger charge is 2.22. The van der Waals surface area contributed by atoms with Crippen molar-refractivity contribution in [2.45, 2.75) is 18.2 Å². The SMILES string of the molecule is COc1ccc(NC(=O)Cc2cccc(C)c2)cc1S(=O)(=O)Nc1ccccc1Cl. The van der Waals surface area contributed by atoms with Gasteiger partial charge >= 0.3 is 0 Å². The van der Waals surface area contributed by atoms with E-state index in [1.54, 1.807) is 30.3 Å². The summed E-state index contributed by atoms with van der Waals surface area (Å²) in [6.45, 7) is 1.95. The fourth-order valence-corrected chi connectivity index (χ4v) is 4.44. The van der Waals surface area contributed by atoms with Gasteiger partial charge in [0.25, 0.3) is 10.0 Å². The molecule has 0 aliphatic heterocycles. The van der Waals surface area contributed by atoms with Crippen molar-refractivity contribution in [1.29, 1.82) is 0 Å². The lowest BCUT2D eigenvalue weighted by molar-refractivity contribution is -0.115. The lowest BCUT2D eigenvalue weighted by atomic mass is 10.1. The molecule has 3 aromatic rings. The monoisotopic (exact) mass is 444 g/mol. The third-order valence-corrected chi connectivity index (χ3v) is 6.02. The first-order chi connectivity index (χ1) is 14.3. The highest BCUT2D eigenvalue weighted by atomic mass is 35.5. The molecule has 8 heteroatoms. The summed E-state index contributed by atoms with van der Waals surface area (Å²) in [6, 6.07) is 18.6. The number of halogens is 1. The van der Waals surface area contributed by atoms with Crippen LogP contribution in [0.1, 0.15) is 11.1 Å². The predicted molar refractivity (Wildman–Crippen MR) is 119 cm³/mol. The average Bonchev–Trinajstić information content (AvgIpc) is 2.69. The first kappa shape index (κ1) is 21.7. The number of carbonyl (C=O) groups is 1. The standard InChI is InChI=1S/C22H21ClN2O4S/c1-15-6-5-7-16(12-15)13-22(26)24-17-10-11-20(29-2)21(14-17)30(27,28)25-19-9-4-3-8-18(19)23/h3-12,14,25H,13H2,1-2H3,(H,24,26). The molecular formula is C22H21ClN2O4S. The Morgan fingerprint density at radius 2 is 1.80 bits per heavy atom. The second-order valence-corrected chi connectivity index (χ2v) is 8.72. The van der Waals surface area contributed by atoms with Crippen LogP contribution in [0.25, 0.3) is 0 Å². The van der Waals surface area contributed by atoms with Crippen LogP contribution >= 0.6 is 11.6 Å². The van der Waals surface area contributed by atoms with E-state index >= 15 is 0 Å². The summed E-state index contributed by atoms with van der Waals surface area (Å²) < 4.78 is 33.5. The molecule has 156 valence electrons. The van der Waals surface area contributed by atoms with Crippen LogP contribution < -0.4 is 14.8 Å². The summed E-state index contributed by atoms with van der Waals surface area (Å²) in [4.78, 5) is 12.3. The first-order valence-electron chi connectivity index (χ1n) is 9.09. The molecule has 1 amide bonds. The van der Waals surface area contributed by atoms with Crippen LogP contribution in [0.5, 0.6) is 5.75 Å². The molecule has 3 aromatic carbocycles. The molecule has 0 saturated carbocycles. The van der Waals surface area contributed by atoms with Crippen LogP contribution in [-0.2, 0) is 21.2 Å². The maximum Gasteiger partial charge on any atom is 0.265 e. The first-order valence-corrected chi connectivity index (χ1v) is 11.0. The predicted octanol–water partition coefficient (Wildman–Crippen LogP) is 4.64. The second kappa shape index (κ2) is 9.19. The molecule has 0 aliphatic carbocycles. The van der Waals surface area contributed by atoms with Gasteiger partial charge in [-0.2, -0.15) is 0 Å². The number of benzene rings is 3. The maximum absolute atomic E-state index is 12.9. The average molecular weight is 445 g/mol. The number of sulfonamides is 1. The maximum atomic E-state index is 12.9. The van der Waals surface area contributed by atoms with Gasteiger partial charge in [0, 0.05) is 5.69 Å². The van der Waals surface area contributed by atoms with Crippen LogP contribution in [-0.4, -0.2) is 21.4 Å². The molecule has 0 unspecified atom stereocenters. The molecule has 0 aromatic heterocycles. The summed E-state index contributed by atoms with van der Waals surface area (Å²) >= 11 is 6.06. The number of hydrogen-bond acceptors (Lipinski definition) is 4. The largest absolute Gasteiger partial charge is 0.495 e. The zero-order chi connectivity index (χ0) is 21.7. The molecule has 0 radical (unpaired) electrons. The van der Waals surface area contributed by atoms with Crippen molar-refractivity contribution in [3.05, 3.63) is 82.9 Å². The Kier molecular flexibility index (Phi) is 6.64. The Morgan fingerprint density at radius 1 is 1.03 bits per heavy atom. The molecule has 0 aliphatic rings. The minimum Gasteiger partial charge on any atom is -0.495 e. The van der Waals surface area contributed by atoms with E-state index in [0.29, 0.717) is 5.69 Å². The van der Waals surface area contributed by atoms with E-state index in [4.69, 9.17) is 16.3 Å². The van der Waals surface area contributed by atoms with Crippen molar-refractivity contribution in [3.63, 3.8) is 0 Å². The lowest BCUT2D eigenvalue weighted by Crippen LogP contribution is -2.17. The van der Waals surface area contributed by atoms with E-state index in [-0.39, 0.29) is 33.7 Å². The summed E-state index contributed by atoms with van der Waals surface area (Å²) in [6.07, 6.45) is 0.174. The molecule has 2 N–H and O–H groups in total. The van der Waals surface area contributed by atoms with Gasteiger partial charge in [-0.3, -0.25) is 9.52 Å². The fourth-order valence-electron chi connectivity index (χ4n) is 2.92. The number of anilines is 2. The number of amides is 1. The lowest BCUT2D eigenvalue weighted by Gasteiger charge is -2.14. The third kappa shape index (κ3) is 5.31. The molecule has 0 heterocycles. The van der Waals surface area contributed by atoms with Gasteiger partial charge < -0.3 is 10.1 Å². The van der Waals surface area contributed by atoms with Crippen molar-refractivity contribution in [3.8, 4) is 5.75 Å². The van der Waals surface area contributed by atoms with E-state index in [1.165, 1.54) is 19.2 Å². The van der Waals surface area contributed by atoms with Crippen molar-refractivity contribution in [1.82, 2.24) is 0 Å². The van der Waals surface area contributed by atoms with Gasteiger partial charge in [-0.05, 0) is 42.8 Å². The van der Waals surface area contributed by atoms with Crippen LogP contribution in [0.3, 0.4) is 0 Å². The van der Waals surface area contributed by atoms with Crippen molar-refractivity contribution in [2.75, 3.05) is 17.1 Å². The van der Waals surface area contributed by atoms with Gasteiger partial charge in [0.15, 0.2) is 0 Å². The van der Waals surface area contributed by atoms with Gasteiger partial charge in [-0.15, -0.1) is 0 Å². The molecule has 0 atom stereocenters. The fraction of sp³-hybridized carbons (Fsp3) is 0.136. The van der Waals surface area contributed by atoms with Gasteiger partial charge in [0.1, 0.15) is 10.6 Å². The normalized spacial score (nSPS) is 11.0. The molecule has 3 rings (SSSR count). The molecule has 0 spiro atoms. The minimum absolute atomic E-state index is 0.113. The van der Waals surface area contributed by atoms with Crippen molar-refractivity contribution >= 4 is 38.9 Å². The molecular weight excluding hydrogens is 424 g/mol. The number of hydrogen-bond donors (Lipinski definition) is 2.